The summed E-state index contributed by atoms with van der Waals surface area (Å²) in [5.74, 6) is 1.70. The van der Waals surface area contributed by atoms with Crippen molar-refractivity contribution in [2.75, 3.05) is 6.61 Å². The Hall–Kier alpha value is -1.31. The average molecular weight is 358 g/mol. The lowest BCUT2D eigenvalue weighted by atomic mass is 9.79. The van der Waals surface area contributed by atoms with Crippen LogP contribution in [0.1, 0.15) is 97.8 Å². The summed E-state index contributed by atoms with van der Waals surface area (Å²) in [7, 11) is 0. The molecule has 2 atom stereocenters. The lowest BCUT2D eigenvalue weighted by molar-refractivity contribution is 0.327. The van der Waals surface area contributed by atoms with Crippen molar-refractivity contribution in [3.05, 3.63) is 28.8 Å². The van der Waals surface area contributed by atoms with Gasteiger partial charge in [0.1, 0.15) is 5.75 Å². The number of hydrogen-bond acceptors (Lipinski definition) is 2. The molecule has 0 heterocycles. The average Bonchev–Trinajstić information content (AvgIpc) is 2.53. The molecule has 0 spiro atoms. The highest BCUT2D eigenvalue weighted by Gasteiger charge is 2.26. The molecular weight excluding hydrogens is 318 g/mol. The van der Waals surface area contributed by atoms with Crippen LogP contribution < -0.4 is 4.74 Å². The van der Waals surface area contributed by atoms with Gasteiger partial charge in [0.05, 0.1) is 12.6 Å². The first-order chi connectivity index (χ1) is 12.0. The SMILES string of the molecule is CCOc1c(C=NC2CCCCC2C)cc(C(C)(C)C)cc1C(C)(C)C. The van der Waals surface area contributed by atoms with Gasteiger partial charge < -0.3 is 4.74 Å². The van der Waals surface area contributed by atoms with E-state index >= 15 is 0 Å². The van der Waals surface area contributed by atoms with Crippen LogP contribution in [0.5, 0.6) is 5.75 Å². The summed E-state index contributed by atoms with van der Waals surface area (Å²) >= 11 is 0. The molecule has 1 saturated carbocycles. The molecule has 146 valence electrons. The van der Waals surface area contributed by atoms with Crippen molar-refractivity contribution < 1.29 is 4.74 Å². The molecule has 2 rings (SSSR count). The molecular formula is C24H39NO. The van der Waals surface area contributed by atoms with Crippen LogP contribution in [0.15, 0.2) is 17.1 Å². The van der Waals surface area contributed by atoms with E-state index in [1.807, 2.05) is 0 Å². The van der Waals surface area contributed by atoms with Gasteiger partial charge in [-0.1, -0.05) is 67.4 Å². The lowest BCUT2D eigenvalue weighted by Gasteiger charge is -2.29. The Morgan fingerprint density at radius 1 is 1.04 bits per heavy atom. The molecule has 0 aliphatic heterocycles. The van der Waals surface area contributed by atoms with Gasteiger partial charge in [-0.15, -0.1) is 0 Å². The minimum absolute atomic E-state index is 0.0342. The molecule has 0 aromatic heterocycles. The Bertz CT molecular complexity index is 631. The predicted molar refractivity (Wildman–Crippen MR) is 114 cm³/mol. The fourth-order valence-corrected chi connectivity index (χ4v) is 3.74. The van der Waals surface area contributed by atoms with Gasteiger partial charge in [0.25, 0.3) is 0 Å². The van der Waals surface area contributed by atoms with E-state index in [-0.39, 0.29) is 10.8 Å². The first kappa shape index (κ1) is 21.0. The summed E-state index contributed by atoms with van der Waals surface area (Å²) in [6.45, 7) is 18.7. The van der Waals surface area contributed by atoms with Crippen LogP contribution >= 0.6 is 0 Å². The zero-order chi connectivity index (χ0) is 19.5. The zero-order valence-corrected chi connectivity index (χ0v) is 18.3. The van der Waals surface area contributed by atoms with Crippen molar-refractivity contribution in [1.29, 1.82) is 0 Å². The van der Waals surface area contributed by atoms with E-state index in [0.717, 1.165) is 11.3 Å². The quantitative estimate of drug-likeness (QED) is 0.551. The maximum absolute atomic E-state index is 6.14. The summed E-state index contributed by atoms with van der Waals surface area (Å²) < 4.78 is 6.14. The zero-order valence-electron chi connectivity index (χ0n) is 18.3. The molecule has 2 nitrogen and oxygen atoms in total. The van der Waals surface area contributed by atoms with Gasteiger partial charge in [0.2, 0.25) is 0 Å². The Balaban J connectivity index is 2.53. The first-order valence-electron chi connectivity index (χ1n) is 10.4. The fraction of sp³-hybridized carbons (Fsp3) is 0.708. The third kappa shape index (κ3) is 5.11. The van der Waals surface area contributed by atoms with Gasteiger partial charge in [0, 0.05) is 17.3 Å². The number of ether oxygens (including phenoxy) is 1. The number of rotatable bonds is 4. The summed E-state index contributed by atoms with van der Waals surface area (Å²) in [6.07, 6.45) is 7.27. The molecule has 1 aliphatic carbocycles. The molecule has 0 saturated heterocycles. The van der Waals surface area contributed by atoms with E-state index in [4.69, 9.17) is 9.73 Å². The molecule has 0 amide bonds. The van der Waals surface area contributed by atoms with Gasteiger partial charge >= 0.3 is 0 Å². The van der Waals surface area contributed by atoms with E-state index in [1.54, 1.807) is 0 Å². The summed E-state index contributed by atoms with van der Waals surface area (Å²) in [4.78, 5) is 5.02. The van der Waals surface area contributed by atoms with Crippen molar-refractivity contribution >= 4 is 6.21 Å². The summed E-state index contributed by atoms with van der Waals surface area (Å²) in [5.41, 5.74) is 3.91. The van der Waals surface area contributed by atoms with Crippen LogP contribution in [0.3, 0.4) is 0 Å². The predicted octanol–water partition coefficient (Wildman–Crippen LogP) is 6.68. The second kappa shape index (κ2) is 8.15. The highest BCUT2D eigenvalue weighted by Crippen LogP contribution is 2.38. The number of nitrogens with zero attached hydrogens (tertiary/aromatic N) is 1. The minimum atomic E-state index is 0.0342. The maximum Gasteiger partial charge on any atom is 0.131 e. The molecule has 1 fully saturated rings. The van der Waals surface area contributed by atoms with Crippen molar-refractivity contribution in [1.82, 2.24) is 0 Å². The van der Waals surface area contributed by atoms with Crippen LogP contribution in [-0.4, -0.2) is 18.9 Å². The second-order valence-electron chi connectivity index (χ2n) is 9.98. The molecule has 2 unspecified atom stereocenters. The van der Waals surface area contributed by atoms with E-state index in [0.29, 0.717) is 18.6 Å². The second-order valence-corrected chi connectivity index (χ2v) is 9.98. The third-order valence-electron chi connectivity index (χ3n) is 5.55. The molecule has 2 heteroatoms. The van der Waals surface area contributed by atoms with Crippen LogP contribution in [-0.2, 0) is 10.8 Å². The van der Waals surface area contributed by atoms with Crippen LogP contribution in [0.25, 0.3) is 0 Å². The van der Waals surface area contributed by atoms with Crippen LogP contribution in [0, 0.1) is 5.92 Å². The van der Waals surface area contributed by atoms with E-state index in [9.17, 15) is 0 Å². The maximum atomic E-state index is 6.14. The monoisotopic (exact) mass is 357 g/mol. The third-order valence-corrected chi connectivity index (χ3v) is 5.55. The van der Waals surface area contributed by atoms with Gasteiger partial charge in [-0.05, 0) is 48.1 Å². The standard InChI is InChI=1S/C24H39NO/c1-9-26-22-18(16-25-21-13-11-10-12-17(21)2)14-19(23(3,4)5)15-20(22)24(6,7)8/h14-17,21H,9-13H2,1-8H3. The van der Waals surface area contributed by atoms with Crippen molar-refractivity contribution in [2.24, 2.45) is 10.9 Å². The molecule has 1 aromatic rings. The Morgan fingerprint density at radius 2 is 1.69 bits per heavy atom. The van der Waals surface area contributed by atoms with Gasteiger partial charge in [-0.25, -0.2) is 0 Å². The normalized spacial score (nSPS) is 22.0. The van der Waals surface area contributed by atoms with E-state index < -0.39 is 0 Å². The lowest BCUT2D eigenvalue weighted by Crippen LogP contribution is -2.21. The molecule has 0 N–H and O–H groups in total. The van der Waals surface area contributed by atoms with Gasteiger partial charge in [-0.3, -0.25) is 4.99 Å². The fourth-order valence-electron chi connectivity index (χ4n) is 3.74. The van der Waals surface area contributed by atoms with Gasteiger partial charge in [0.15, 0.2) is 0 Å². The number of aliphatic imine (C=N–C) groups is 1. The Labute approximate surface area is 161 Å². The molecule has 1 aromatic carbocycles. The van der Waals surface area contributed by atoms with Crippen LogP contribution in [0.4, 0.5) is 0 Å². The van der Waals surface area contributed by atoms with E-state index in [2.05, 4.69) is 73.7 Å². The molecule has 26 heavy (non-hydrogen) atoms. The molecule has 1 aliphatic rings. The van der Waals surface area contributed by atoms with Crippen molar-refractivity contribution in [2.45, 2.75) is 97.9 Å². The first-order valence-corrected chi connectivity index (χ1v) is 10.4. The Morgan fingerprint density at radius 3 is 2.23 bits per heavy atom. The highest BCUT2D eigenvalue weighted by molar-refractivity contribution is 5.85. The topological polar surface area (TPSA) is 21.6 Å². The number of benzene rings is 1. The molecule has 0 radical (unpaired) electrons. The smallest absolute Gasteiger partial charge is 0.131 e. The van der Waals surface area contributed by atoms with Crippen LogP contribution in [0.2, 0.25) is 0 Å². The van der Waals surface area contributed by atoms with Gasteiger partial charge in [-0.2, -0.15) is 0 Å². The van der Waals surface area contributed by atoms with Crippen molar-refractivity contribution in [3.63, 3.8) is 0 Å². The number of hydrogen-bond donors (Lipinski definition) is 0. The summed E-state index contributed by atoms with van der Waals surface area (Å²) in [6, 6.07) is 5.08. The Kier molecular flexibility index (Phi) is 6.58. The highest BCUT2D eigenvalue weighted by atomic mass is 16.5. The minimum Gasteiger partial charge on any atom is -0.493 e. The largest absolute Gasteiger partial charge is 0.493 e. The van der Waals surface area contributed by atoms with E-state index in [1.165, 1.54) is 36.8 Å². The molecule has 0 bridgehead atoms. The van der Waals surface area contributed by atoms with Crippen molar-refractivity contribution in [3.8, 4) is 5.75 Å². The summed E-state index contributed by atoms with van der Waals surface area (Å²) in [5, 5.41) is 0.